The second-order valence-electron chi connectivity index (χ2n) is 4.60. The lowest BCUT2D eigenvalue weighted by molar-refractivity contribution is 0.0453. The summed E-state index contributed by atoms with van der Waals surface area (Å²) in [5, 5.41) is 17.8. The summed E-state index contributed by atoms with van der Waals surface area (Å²) in [5.41, 5.74) is -0.304. The molecule has 2 rings (SSSR count). The summed E-state index contributed by atoms with van der Waals surface area (Å²) in [4.78, 5) is -0.134. The Morgan fingerprint density at radius 2 is 2.16 bits per heavy atom. The average molecular weight is 284 g/mol. The summed E-state index contributed by atoms with van der Waals surface area (Å²) in [5.74, 6) is -0.621. The molecular weight excluding hydrogens is 271 g/mol. The number of nitrogens with zero attached hydrogens (tertiary/aromatic N) is 1. The SMILES string of the molecule is N#Cc1cc(S(=O)(=O)NCC2CC(O)C2)ccc1F. The highest BCUT2D eigenvalue weighted by atomic mass is 32.2. The van der Waals surface area contributed by atoms with Crippen LogP contribution in [0.2, 0.25) is 0 Å². The van der Waals surface area contributed by atoms with Crippen molar-refractivity contribution in [1.82, 2.24) is 4.72 Å². The monoisotopic (exact) mass is 284 g/mol. The molecule has 19 heavy (non-hydrogen) atoms. The fraction of sp³-hybridized carbons (Fsp3) is 0.417. The van der Waals surface area contributed by atoms with Crippen molar-refractivity contribution in [3.63, 3.8) is 0 Å². The Morgan fingerprint density at radius 3 is 2.74 bits per heavy atom. The smallest absolute Gasteiger partial charge is 0.240 e. The van der Waals surface area contributed by atoms with E-state index in [9.17, 15) is 12.8 Å². The van der Waals surface area contributed by atoms with Gasteiger partial charge in [-0.1, -0.05) is 0 Å². The van der Waals surface area contributed by atoms with Crippen LogP contribution in [0.15, 0.2) is 23.1 Å². The summed E-state index contributed by atoms with van der Waals surface area (Å²) in [6.07, 6.45) is 0.815. The molecule has 1 aliphatic carbocycles. The van der Waals surface area contributed by atoms with Crippen molar-refractivity contribution in [3.8, 4) is 6.07 Å². The van der Waals surface area contributed by atoms with Gasteiger partial charge in [0.1, 0.15) is 11.9 Å². The first-order chi connectivity index (χ1) is 8.92. The van der Waals surface area contributed by atoms with Crippen molar-refractivity contribution >= 4 is 10.0 Å². The van der Waals surface area contributed by atoms with Gasteiger partial charge in [-0.05, 0) is 37.0 Å². The van der Waals surface area contributed by atoms with Gasteiger partial charge in [0.15, 0.2) is 0 Å². The zero-order valence-electron chi connectivity index (χ0n) is 10.0. The van der Waals surface area contributed by atoms with Crippen molar-refractivity contribution in [1.29, 1.82) is 5.26 Å². The second kappa shape index (κ2) is 5.25. The van der Waals surface area contributed by atoms with Crippen molar-refractivity contribution < 1.29 is 17.9 Å². The van der Waals surface area contributed by atoms with Gasteiger partial charge in [-0.3, -0.25) is 0 Å². The molecular formula is C12H13FN2O3S. The predicted molar refractivity (Wildman–Crippen MR) is 65.0 cm³/mol. The molecule has 102 valence electrons. The third-order valence-corrected chi connectivity index (χ3v) is 4.56. The summed E-state index contributed by atoms with van der Waals surface area (Å²) >= 11 is 0. The van der Waals surface area contributed by atoms with Gasteiger partial charge in [0.25, 0.3) is 0 Å². The zero-order chi connectivity index (χ0) is 14.0. The maximum absolute atomic E-state index is 13.1. The van der Waals surface area contributed by atoms with Gasteiger partial charge in [0, 0.05) is 6.54 Å². The molecule has 0 atom stereocenters. The van der Waals surface area contributed by atoms with Crippen molar-refractivity contribution in [3.05, 3.63) is 29.6 Å². The summed E-state index contributed by atoms with van der Waals surface area (Å²) in [6.45, 7) is 0.235. The third-order valence-electron chi connectivity index (χ3n) is 3.14. The molecule has 2 N–H and O–H groups in total. The van der Waals surface area contributed by atoms with Crippen LogP contribution in [0.1, 0.15) is 18.4 Å². The Balaban J connectivity index is 2.09. The topological polar surface area (TPSA) is 90.2 Å². The van der Waals surface area contributed by atoms with Gasteiger partial charge in [-0.25, -0.2) is 17.5 Å². The Bertz CT molecular complexity index is 618. The quantitative estimate of drug-likeness (QED) is 0.853. The summed E-state index contributed by atoms with van der Waals surface area (Å²) in [6, 6.07) is 4.69. The molecule has 5 nitrogen and oxygen atoms in total. The highest BCUT2D eigenvalue weighted by Gasteiger charge is 2.28. The largest absolute Gasteiger partial charge is 0.393 e. The fourth-order valence-electron chi connectivity index (χ4n) is 1.94. The number of rotatable bonds is 4. The average Bonchev–Trinajstić information content (AvgIpc) is 2.33. The maximum atomic E-state index is 13.1. The van der Waals surface area contributed by atoms with E-state index in [1.807, 2.05) is 0 Å². The van der Waals surface area contributed by atoms with E-state index in [0.717, 1.165) is 18.2 Å². The number of sulfonamides is 1. The molecule has 0 spiro atoms. The van der Waals surface area contributed by atoms with Crippen LogP contribution >= 0.6 is 0 Å². The minimum absolute atomic E-state index is 0.126. The van der Waals surface area contributed by atoms with Crippen LogP contribution < -0.4 is 4.72 Å². The van der Waals surface area contributed by atoms with Crippen LogP contribution in [0.4, 0.5) is 4.39 Å². The predicted octanol–water partition coefficient (Wildman–Crippen LogP) is 0.747. The summed E-state index contributed by atoms with van der Waals surface area (Å²) in [7, 11) is -3.75. The Morgan fingerprint density at radius 1 is 1.47 bits per heavy atom. The van der Waals surface area contributed by atoms with Crippen molar-refractivity contribution in [2.24, 2.45) is 5.92 Å². The van der Waals surface area contributed by atoms with E-state index in [1.165, 1.54) is 0 Å². The molecule has 7 heteroatoms. The molecule has 0 aliphatic heterocycles. The lowest BCUT2D eigenvalue weighted by Gasteiger charge is -2.31. The lowest BCUT2D eigenvalue weighted by Crippen LogP contribution is -2.38. The lowest BCUT2D eigenvalue weighted by atomic mass is 9.83. The van der Waals surface area contributed by atoms with E-state index < -0.39 is 15.8 Å². The normalized spacial score (nSPS) is 22.6. The first-order valence-corrected chi connectivity index (χ1v) is 7.28. The Kier molecular flexibility index (Phi) is 3.85. The number of halogens is 1. The zero-order valence-corrected chi connectivity index (χ0v) is 10.8. The second-order valence-corrected chi connectivity index (χ2v) is 6.36. The number of aliphatic hydroxyl groups is 1. The standard InChI is InChI=1S/C12H13FN2O3S/c13-12-2-1-11(5-9(12)6-14)19(17,18)15-7-8-3-10(16)4-8/h1-2,5,8,10,15-16H,3-4,7H2. The maximum Gasteiger partial charge on any atom is 0.240 e. The van der Waals surface area contributed by atoms with Crippen LogP contribution in [0.5, 0.6) is 0 Å². The van der Waals surface area contributed by atoms with E-state index in [4.69, 9.17) is 10.4 Å². The molecule has 1 aliphatic rings. The highest BCUT2D eigenvalue weighted by Crippen LogP contribution is 2.26. The molecule has 0 heterocycles. The van der Waals surface area contributed by atoms with Gasteiger partial charge >= 0.3 is 0 Å². The molecule has 1 fully saturated rings. The van der Waals surface area contributed by atoms with Crippen LogP contribution in [-0.2, 0) is 10.0 Å². The van der Waals surface area contributed by atoms with Crippen molar-refractivity contribution in [2.75, 3.05) is 6.54 Å². The van der Waals surface area contributed by atoms with Gasteiger partial charge in [-0.15, -0.1) is 0 Å². The third kappa shape index (κ3) is 3.10. The number of hydrogen-bond acceptors (Lipinski definition) is 4. The first-order valence-electron chi connectivity index (χ1n) is 5.80. The highest BCUT2D eigenvalue weighted by molar-refractivity contribution is 7.89. The van der Waals surface area contributed by atoms with E-state index in [2.05, 4.69) is 4.72 Å². The number of hydrogen-bond donors (Lipinski definition) is 2. The summed E-state index contributed by atoms with van der Waals surface area (Å²) < 4.78 is 39.4. The van der Waals surface area contributed by atoms with Crippen LogP contribution in [0.3, 0.4) is 0 Å². The number of benzene rings is 1. The molecule has 0 saturated heterocycles. The molecule has 0 radical (unpaired) electrons. The van der Waals surface area contributed by atoms with E-state index >= 15 is 0 Å². The molecule has 0 bridgehead atoms. The number of aliphatic hydroxyl groups excluding tert-OH is 1. The van der Waals surface area contributed by atoms with E-state index in [-0.39, 0.29) is 29.0 Å². The number of nitriles is 1. The van der Waals surface area contributed by atoms with E-state index in [1.54, 1.807) is 6.07 Å². The molecule has 0 unspecified atom stereocenters. The molecule has 1 aromatic carbocycles. The minimum atomic E-state index is -3.75. The number of nitrogens with one attached hydrogen (secondary N) is 1. The van der Waals surface area contributed by atoms with Gasteiger partial charge in [-0.2, -0.15) is 5.26 Å². The first kappa shape index (κ1) is 13.9. The van der Waals surface area contributed by atoms with Crippen LogP contribution in [0, 0.1) is 23.1 Å². The van der Waals surface area contributed by atoms with Crippen LogP contribution in [0.25, 0.3) is 0 Å². The van der Waals surface area contributed by atoms with Gasteiger partial charge in [0.2, 0.25) is 10.0 Å². The van der Waals surface area contributed by atoms with E-state index in [0.29, 0.717) is 12.8 Å². The van der Waals surface area contributed by atoms with Gasteiger partial charge < -0.3 is 5.11 Å². The molecule has 0 aromatic heterocycles. The van der Waals surface area contributed by atoms with Gasteiger partial charge in [0.05, 0.1) is 16.6 Å². The molecule has 0 amide bonds. The van der Waals surface area contributed by atoms with Crippen molar-refractivity contribution in [2.45, 2.75) is 23.8 Å². The fourth-order valence-corrected chi connectivity index (χ4v) is 3.08. The molecule has 1 saturated carbocycles. The molecule has 1 aromatic rings. The minimum Gasteiger partial charge on any atom is -0.393 e. The Hall–Kier alpha value is -1.49. The Labute approximate surface area is 110 Å². The van der Waals surface area contributed by atoms with Crippen LogP contribution in [-0.4, -0.2) is 26.2 Å².